The molecule has 10 heteroatoms. The van der Waals surface area contributed by atoms with Crippen LogP contribution in [0.15, 0.2) is 39.1 Å². The smallest absolute Gasteiger partial charge is 0.289 e. The highest BCUT2D eigenvalue weighted by atomic mass is 32.2. The number of aromatic nitrogens is 2. The maximum atomic E-state index is 12.8. The highest BCUT2D eigenvalue weighted by Crippen LogP contribution is 2.29. The molecule has 1 saturated heterocycles. The number of nitrogens with zero attached hydrogens (tertiary/aromatic N) is 4. The zero-order valence-corrected chi connectivity index (χ0v) is 18.5. The number of para-hydroxylation sites is 1. The Bertz CT molecular complexity index is 1010. The van der Waals surface area contributed by atoms with Crippen LogP contribution in [0.1, 0.15) is 24.4 Å². The zero-order valence-electron chi connectivity index (χ0n) is 16.8. The minimum Gasteiger partial charge on any atom is -0.451 e. The Hall–Kier alpha value is -2.59. The third-order valence-electron chi connectivity index (χ3n) is 4.65. The number of benzene rings is 1. The predicted molar refractivity (Wildman–Crippen MR) is 118 cm³/mol. The van der Waals surface area contributed by atoms with Gasteiger partial charge in [0.25, 0.3) is 5.91 Å². The number of fused-ring (bicyclic) bond motifs is 1. The third kappa shape index (κ3) is 4.76. The number of amides is 2. The summed E-state index contributed by atoms with van der Waals surface area (Å²) < 4.78 is 6.48. The highest BCUT2D eigenvalue weighted by molar-refractivity contribution is 8.01. The molecule has 8 nitrogen and oxygen atoms in total. The van der Waals surface area contributed by atoms with Gasteiger partial charge >= 0.3 is 0 Å². The summed E-state index contributed by atoms with van der Waals surface area (Å²) >= 11 is 2.86. The van der Waals surface area contributed by atoms with E-state index < -0.39 is 0 Å². The van der Waals surface area contributed by atoms with Crippen LogP contribution in [0.4, 0.5) is 5.13 Å². The Morgan fingerprint density at radius 2 is 1.97 bits per heavy atom. The Kier molecular flexibility index (Phi) is 6.24. The second-order valence-electron chi connectivity index (χ2n) is 7.29. The molecule has 30 heavy (non-hydrogen) atoms. The first-order chi connectivity index (χ1) is 14.5. The molecule has 3 aromatic rings. The number of hydrogen-bond acceptors (Lipinski definition) is 8. The summed E-state index contributed by atoms with van der Waals surface area (Å²) in [5.74, 6) is 0.603. The molecule has 1 N–H and O–H groups in total. The van der Waals surface area contributed by atoms with Gasteiger partial charge in [0.1, 0.15) is 5.58 Å². The number of carbonyl (C=O) groups is 2. The molecule has 3 heterocycles. The molecule has 1 fully saturated rings. The molecular formula is C20H23N5O3S2. The van der Waals surface area contributed by atoms with E-state index in [2.05, 4.69) is 20.4 Å². The van der Waals surface area contributed by atoms with Crippen LogP contribution in [-0.2, 0) is 4.79 Å². The molecule has 158 valence electrons. The lowest BCUT2D eigenvalue weighted by Crippen LogP contribution is -2.48. The maximum absolute atomic E-state index is 12.8. The largest absolute Gasteiger partial charge is 0.451 e. The van der Waals surface area contributed by atoms with Gasteiger partial charge in [0.15, 0.2) is 10.1 Å². The van der Waals surface area contributed by atoms with Gasteiger partial charge in [0.2, 0.25) is 11.0 Å². The third-order valence-corrected chi connectivity index (χ3v) is 6.76. The van der Waals surface area contributed by atoms with Crippen LogP contribution >= 0.6 is 23.1 Å². The van der Waals surface area contributed by atoms with Crippen LogP contribution in [0.2, 0.25) is 0 Å². The summed E-state index contributed by atoms with van der Waals surface area (Å²) in [7, 11) is 0. The molecule has 0 atom stereocenters. The van der Waals surface area contributed by atoms with Gasteiger partial charge in [-0.25, -0.2) is 0 Å². The van der Waals surface area contributed by atoms with E-state index in [1.54, 1.807) is 11.0 Å². The Morgan fingerprint density at radius 1 is 1.20 bits per heavy atom. The molecule has 0 unspecified atom stereocenters. The molecule has 0 spiro atoms. The second-order valence-corrected chi connectivity index (χ2v) is 9.47. The molecule has 1 aliphatic heterocycles. The van der Waals surface area contributed by atoms with E-state index >= 15 is 0 Å². The van der Waals surface area contributed by atoms with Crippen molar-refractivity contribution in [2.75, 3.05) is 36.8 Å². The first-order valence-electron chi connectivity index (χ1n) is 9.78. The first kappa shape index (κ1) is 20.7. The number of piperazine rings is 1. The summed E-state index contributed by atoms with van der Waals surface area (Å²) in [5.41, 5.74) is 0.723. The number of rotatable bonds is 6. The van der Waals surface area contributed by atoms with Crippen LogP contribution in [-0.4, -0.2) is 64.9 Å². The molecule has 1 aromatic carbocycles. The SMILES string of the molecule is CC(C)NC(=O)CSc1nnc(N2CCN(C(=O)c3cc4ccccc4o3)CC2)s1. The molecule has 0 radical (unpaired) electrons. The van der Waals surface area contributed by atoms with Crippen molar-refractivity contribution >= 4 is 51.0 Å². The summed E-state index contributed by atoms with van der Waals surface area (Å²) in [6.45, 7) is 6.41. The van der Waals surface area contributed by atoms with Crippen LogP contribution in [0.3, 0.4) is 0 Å². The number of carbonyl (C=O) groups excluding carboxylic acids is 2. The lowest BCUT2D eigenvalue weighted by molar-refractivity contribution is -0.119. The minimum absolute atomic E-state index is 0.00976. The molecule has 4 rings (SSSR count). The van der Waals surface area contributed by atoms with E-state index in [0.717, 1.165) is 20.4 Å². The van der Waals surface area contributed by atoms with Crippen LogP contribution in [0, 0.1) is 0 Å². The van der Waals surface area contributed by atoms with Gasteiger partial charge < -0.3 is 19.5 Å². The average molecular weight is 446 g/mol. The summed E-state index contributed by atoms with van der Waals surface area (Å²) in [5, 5.41) is 13.0. The van der Waals surface area contributed by atoms with E-state index in [0.29, 0.717) is 37.7 Å². The number of anilines is 1. The quantitative estimate of drug-likeness (QED) is 0.583. The van der Waals surface area contributed by atoms with Gasteiger partial charge in [0.05, 0.1) is 5.75 Å². The monoisotopic (exact) mass is 445 g/mol. The van der Waals surface area contributed by atoms with Crippen molar-refractivity contribution in [3.63, 3.8) is 0 Å². The Balaban J connectivity index is 1.30. The van der Waals surface area contributed by atoms with Crippen molar-refractivity contribution in [1.29, 1.82) is 0 Å². The standard InChI is InChI=1S/C20H23N5O3S2/c1-13(2)21-17(26)12-29-20-23-22-19(30-20)25-9-7-24(8-10-25)18(27)16-11-14-5-3-4-6-15(14)28-16/h3-6,11,13H,7-10,12H2,1-2H3,(H,21,26). The van der Waals surface area contributed by atoms with E-state index in [1.165, 1.54) is 23.1 Å². The maximum Gasteiger partial charge on any atom is 0.289 e. The Morgan fingerprint density at radius 3 is 2.70 bits per heavy atom. The number of hydrogen-bond donors (Lipinski definition) is 1. The van der Waals surface area contributed by atoms with Gasteiger partial charge in [0, 0.05) is 37.6 Å². The van der Waals surface area contributed by atoms with E-state index in [1.807, 2.05) is 38.1 Å². The topological polar surface area (TPSA) is 91.6 Å². The molecule has 2 aromatic heterocycles. The van der Waals surface area contributed by atoms with Gasteiger partial charge in [-0.2, -0.15) is 0 Å². The van der Waals surface area contributed by atoms with Gasteiger partial charge in [-0.15, -0.1) is 10.2 Å². The van der Waals surface area contributed by atoms with Crippen molar-refractivity contribution in [1.82, 2.24) is 20.4 Å². The predicted octanol–water partition coefficient (Wildman–Crippen LogP) is 2.86. The summed E-state index contributed by atoms with van der Waals surface area (Å²) in [4.78, 5) is 28.5. The minimum atomic E-state index is -0.0875. The molecule has 0 aliphatic carbocycles. The fourth-order valence-corrected chi connectivity index (χ4v) is 4.93. The average Bonchev–Trinajstić information content (AvgIpc) is 3.38. The number of nitrogens with one attached hydrogen (secondary N) is 1. The normalized spacial score (nSPS) is 14.5. The van der Waals surface area contributed by atoms with E-state index in [4.69, 9.17) is 4.42 Å². The molecular weight excluding hydrogens is 422 g/mol. The summed E-state index contributed by atoms with van der Waals surface area (Å²) in [6.07, 6.45) is 0. The van der Waals surface area contributed by atoms with Gasteiger partial charge in [-0.1, -0.05) is 41.3 Å². The van der Waals surface area contributed by atoms with Crippen LogP contribution in [0.25, 0.3) is 11.0 Å². The van der Waals surface area contributed by atoms with Crippen molar-refractivity contribution in [3.05, 3.63) is 36.1 Å². The zero-order chi connectivity index (χ0) is 21.1. The lowest BCUT2D eigenvalue weighted by atomic mass is 10.2. The highest BCUT2D eigenvalue weighted by Gasteiger charge is 2.26. The Labute approximate surface area is 182 Å². The molecule has 0 saturated carbocycles. The van der Waals surface area contributed by atoms with Crippen molar-refractivity contribution in [2.24, 2.45) is 0 Å². The lowest BCUT2D eigenvalue weighted by Gasteiger charge is -2.33. The van der Waals surface area contributed by atoms with E-state index in [9.17, 15) is 9.59 Å². The van der Waals surface area contributed by atoms with Gasteiger partial charge in [-0.05, 0) is 26.0 Å². The van der Waals surface area contributed by atoms with Crippen molar-refractivity contribution < 1.29 is 14.0 Å². The van der Waals surface area contributed by atoms with E-state index in [-0.39, 0.29) is 17.9 Å². The molecule has 1 aliphatic rings. The van der Waals surface area contributed by atoms with Crippen LogP contribution < -0.4 is 10.2 Å². The van der Waals surface area contributed by atoms with Crippen molar-refractivity contribution in [3.8, 4) is 0 Å². The molecule has 2 amide bonds. The first-order valence-corrected chi connectivity index (χ1v) is 11.6. The fourth-order valence-electron chi connectivity index (χ4n) is 3.22. The molecule has 0 bridgehead atoms. The number of thioether (sulfide) groups is 1. The van der Waals surface area contributed by atoms with Crippen molar-refractivity contribution in [2.45, 2.75) is 24.2 Å². The van der Waals surface area contributed by atoms with Crippen LogP contribution in [0.5, 0.6) is 0 Å². The summed E-state index contributed by atoms with van der Waals surface area (Å²) in [6, 6.07) is 9.54. The number of furan rings is 1. The van der Waals surface area contributed by atoms with Gasteiger partial charge in [-0.3, -0.25) is 9.59 Å². The fraction of sp³-hybridized carbons (Fsp3) is 0.400. The second kappa shape index (κ2) is 9.05.